The minimum absolute atomic E-state index is 0.0713. The van der Waals surface area contributed by atoms with E-state index < -0.39 is 16.0 Å². The maximum absolute atomic E-state index is 11.7. The van der Waals surface area contributed by atoms with Crippen molar-refractivity contribution in [3.8, 4) is 46.2 Å². The van der Waals surface area contributed by atoms with Crippen molar-refractivity contribution < 1.29 is 15.0 Å². The number of non-ortho nitro benzene ring substituents is 2. The summed E-state index contributed by atoms with van der Waals surface area (Å²) in [7, 11) is 3.51. The van der Waals surface area contributed by atoms with Crippen molar-refractivity contribution in [3.63, 3.8) is 0 Å². The highest BCUT2D eigenvalue weighted by molar-refractivity contribution is 5.82. The van der Waals surface area contributed by atoms with Crippen LogP contribution in [0.1, 0.15) is 52.7 Å². The molecule has 2 aromatic carbocycles. The summed E-state index contributed by atoms with van der Waals surface area (Å²) in [5.74, 6) is 12.7. The molecule has 0 aliphatic heterocycles. The van der Waals surface area contributed by atoms with Gasteiger partial charge in [0.25, 0.3) is 11.4 Å². The first-order valence-electron chi connectivity index (χ1n) is 15.3. The molecule has 0 radical (unpaired) electrons. The predicted octanol–water partition coefficient (Wildman–Crippen LogP) is 5.98. The summed E-state index contributed by atoms with van der Waals surface area (Å²) in [5, 5.41) is 49.8. The van der Waals surface area contributed by atoms with E-state index in [-0.39, 0.29) is 35.3 Å². The highest BCUT2D eigenvalue weighted by Gasteiger charge is 2.21. The summed E-state index contributed by atoms with van der Waals surface area (Å²) in [6.07, 6.45) is 2.58. The summed E-state index contributed by atoms with van der Waals surface area (Å²) in [5.41, 5.74) is 3.44. The Morgan fingerprint density at radius 3 is 1.46 bits per heavy atom. The molecule has 3 N–H and O–H groups in total. The molecule has 0 amide bonds. The number of nitro groups is 2. The van der Waals surface area contributed by atoms with Gasteiger partial charge in [-0.15, -0.1) is 0 Å². The Balaban J connectivity index is 1.60. The molecule has 0 aliphatic carbocycles. The first kappa shape index (κ1) is 35.2. The Labute approximate surface area is 279 Å². The summed E-state index contributed by atoms with van der Waals surface area (Å²) in [4.78, 5) is 22.4. The third kappa shape index (κ3) is 9.21. The molecule has 2 heterocycles. The van der Waals surface area contributed by atoms with E-state index in [1.165, 1.54) is 24.3 Å². The van der Waals surface area contributed by atoms with Gasteiger partial charge in [-0.25, -0.2) is 0 Å². The molecular formula is C35H40N8O5. The minimum Gasteiger partial charge on any atom is -0.389 e. The second-order valence-electron chi connectivity index (χ2n) is 13.5. The van der Waals surface area contributed by atoms with E-state index in [1.54, 1.807) is 48.0 Å². The largest absolute Gasteiger partial charge is 0.389 e. The fourth-order valence-electron chi connectivity index (χ4n) is 4.59. The number of nitrogens with zero attached hydrogens (tertiary/aromatic N) is 6. The van der Waals surface area contributed by atoms with Gasteiger partial charge in [-0.1, -0.05) is 23.7 Å². The Kier molecular flexibility index (Phi) is 10.3. The quantitative estimate of drug-likeness (QED) is 0.106. The number of aryl methyl sites for hydroxylation is 2. The van der Waals surface area contributed by atoms with Crippen LogP contribution in [0, 0.1) is 54.7 Å². The van der Waals surface area contributed by atoms with E-state index in [0.29, 0.717) is 45.0 Å². The molecule has 13 heteroatoms. The average Bonchev–Trinajstić information content (AvgIpc) is 3.57. The molecule has 13 nitrogen and oxygen atoms in total. The number of nitro benzene ring substituents is 2. The average molecular weight is 653 g/mol. The van der Waals surface area contributed by atoms with E-state index in [9.17, 15) is 25.3 Å². The fraction of sp³-hybridized carbons (Fsp3) is 0.371. The van der Waals surface area contributed by atoms with Gasteiger partial charge in [0.15, 0.2) is 0 Å². The molecule has 0 unspecified atom stereocenters. The van der Waals surface area contributed by atoms with Crippen molar-refractivity contribution >= 4 is 22.7 Å². The number of hydrogen-bond acceptors (Lipinski definition) is 9. The molecule has 0 spiro atoms. The van der Waals surface area contributed by atoms with Gasteiger partial charge in [0, 0.05) is 97.2 Å². The van der Waals surface area contributed by atoms with E-state index in [4.69, 9.17) is 0 Å². The van der Waals surface area contributed by atoms with Gasteiger partial charge in [0.1, 0.15) is 11.4 Å². The lowest BCUT2D eigenvalue weighted by Gasteiger charge is -2.17. The second kappa shape index (κ2) is 14.0. The van der Waals surface area contributed by atoms with Crippen LogP contribution in [-0.2, 0) is 14.1 Å². The third-order valence-corrected chi connectivity index (χ3v) is 6.80. The van der Waals surface area contributed by atoms with Crippen molar-refractivity contribution in [2.45, 2.75) is 47.6 Å². The Hall–Kier alpha value is -5.66. The van der Waals surface area contributed by atoms with Gasteiger partial charge in [-0.2, -0.15) is 10.2 Å². The van der Waals surface area contributed by atoms with Gasteiger partial charge >= 0.3 is 0 Å². The predicted molar refractivity (Wildman–Crippen MR) is 186 cm³/mol. The van der Waals surface area contributed by atoms with E-state index in [1.807, 2.05) is 41.5 Å². The lowest BCUT2D eigenvalue weighted by Crippen LogP contribution is -2.27. The van der Waals surface area contributed by atoms with Crippen LogP contribution in [-0.4, -0.2) is 53.7 Å². The third-order valence-electron chi connectivity index (χ3n) is 6.80. The second-order valence-corrected chi connectivity index (χ2v) is 13.5. The lowest BCUT2D eigenvalue weighted by molar-refractivity contribution is -0.385. The number of aliphatic hydroxyl groups is 1. The highest BCUT2D eigenvalue weighted by atomic mass is 16.6. The zero-order valence-corrected chi connectivity index (χ0v) is 28.4. The lowest BCUT2D eigenvalue weighted by atomic mass is 9.97. The zero-order valence-electron chi connectivity index (χ0n) is 28.4. The summed E-state index contributed by atoms with van der Waals surface area (Å²) in [6, 6.07) is 8.81. The molecular weight excluding hydrogens is 612 g/mol. The van der Waals surface area contributed by atoms with Crippen LogP contribution < -0.4 is 10.6 Å². The Morgan fingerprint density at radius 2 is 1.12 bits per heavy atom. The normalized spacial score (nSPS) is 11.4. The van der Waals surface area contributed by atoms with Crippen molar-refractivity contribution in [1.29, 1.82) is 0 Å². The molecule has 0 saturated heterocycles. The van der Waals surface area contributed by atoms with Crippen molar-refractivity contribution in [2.24, 2.45) is 24.9 Å². The molecule has 0 bridgehead atoms. The molecule has 0 aliphatic rings. The van der Waals surface area contributed by atoms with Crippen LogP contribution in [0.2, 0.25) is 0 Å². The number of aliphatic hydroxyl groups excluding tert-OH is 1. The summed E-state index contributed by atoms with van der Waals surface area (Å²) >= 11 is 0. The van der Waals surface area contributed by atoms with Crippen molar-refractivity contribution in [3.05, 3.63) is 80.1 Å². The maximum atomic E-state index is 11.7. The van der Waals surface area contributed by atoms with Crippen LogP contribution in [0.4, 0.5) is 22.7 Å². The minimum atomic E-state index is -0.941. The first-order chi connectivity index (χ1) is 22.4. The number of hydrogen-bond donors (Lipinski definition) is 3. The van der Waals surface area contributed by atoms with Crippen molar-refractivity contribution in [2.75, 3.05) is 23.7 Å². The topological polar surface area (TPSA) is 166 Å². The van der Waals surface area contributed by atoms with E-state index >= 15 is 0 Å². The molecule has 0 atom stereocenters. The molecule has 4 rings (SSSR count). The van der Waals surface area contributed by atoms with Gasteiger partial charge in [0.05, 0.1) is 27.1 Å². The van der Waals surface area contributed by atoms with Crippen LogP contribution in [0.25, 0.3) is 22.5 Å². The smallest absolute Gasteiger partial charge is 0.270 e. The SMILES string of the molecule is Cn1cc(C#CC(C)(C)C)c(-c2cc([N+](=O)[O-])ccc2NCC(O)CNc2ccc([N+](=O)[O-])cc2-c2nn(C)cc2C#CC(C)(C)C)n1. The highest BCUT2D eigenvalue weighted by Crippen LogP contribution is 2.34. The monoisotopic (exact) mass is 652 g/mol. The molecule has 250 valence electrons. The number of nitrogens with one attached hydrogen (secondary N) is 2. The standard InChI is InChI=1S/C35H40N8O5/c1-34(2,3)15-13-23-21-40(7)38-32(23)28-17-25(42(45)46)9-11-30(28)36-19-27(44)20-37-31-12-10-26(43(47)48)18-29(31)33-24(22-41(8)39-33)14-16-35(4,5)6/h9-12,17-18,21-22,27,36-37,44H,19-20H2,1-8H3. The Bertz CT molecular complexity index is 1830. The van der Waals surface area contributed by atoms with Gasteiger partial charge in [-0.05, 0) is 53.7 Å². The molecule has 2 aromatic heterocycles. The maximum Gasteiger partial charge on any atom is 0.270 e. The van der Waals surface area contributed by atoms with Gasteiger partial charge in [0.2, 0.25) is 0 Å². The van der Waals surface area contributed by atoms with Crippen molar-refractivity contribution in [1.82, 2.24) is 19.6 Å². The van der Waals surface area contributed by atoms with E-state index in [0.717, 1.165) is 0 Å². The number of rotatable bonds is 10. The van der Waals surface area contributed by atoms with Crippen LogP contribution >= 0.6 is 0 Å². The molecule has 48 heavy (non-hydrogen) atoms. The summed E-state index contributed by atoms with van der Waals surface area (Å²) < 4.78 is 3.21. The molecule has 0 fully saturated rings. The fourth-order valence-corrected chi connectivity index (χ4v) is 4.59. The van der Waals surface area contributed by atoms with Crippen LogP contribution in [0.15, 0.2) is 48.8 Å². The zero-order chi connectivity index (χ0) is 35.4. The number of aromatic nitrogens is 4. The molecule has 4 aromatic rings. The van der Waals surface area contributed by atoms with Crippen LogP contribution in [0.3, 0.4) is 0 Å². The summed E-state index contributed by atoms with van der Waals surface area (Å²) in [6.45, 7) is 12.1. The Morgan fingerprint density at radius 1 is 0.750 bits per heavy atom. The number of benzene rings is 2. The first-order valence-corrected chi connectivity index (χ1v) is 15.3. The van der Waals surface area contributed by atoms with Gasteiger partial charge < -0.3 is 15.7 Å². The van der Waals surface area contributed by atoms with E-state index in [2.05, 4.69) is 44.5 Å². The van der Waals surface area contributed by atoms with Gasteiger partial charge in [-0.3, -0.25) is 29.6 Å². The number of anilines is 2. The van der Waals surface area contributed by atoms with Crippen LogP contribution in [0.5, 0.6) is 0 Å². The molecule has 0 saturated carbocycles.